The van der Waals surface area contributed by atoms with Crippen molar-refractivity contribution in [2.45, 2.75) is 6.42 Å². The van der Waals surface area contributed by atoms with E-state index in [1.807, 2.05) is 11.4 Å². The Morgan fingerprint density at radius 3 is 2.52 bits per heavy atom. The summed E-state index contributed by atoms with van der Waals surface area (Å²) in [5.74, 6) is -0.752. The zero-order valence-corrected chi connectivity index (χ0v) is 15.6. The summed E-state index contributed by atoms with van der Waals surface area (Å²) in [6, 6.07) is 17.0. The highest BCUT2D eigenvalue weighted by Crippen LogP contribution is 2.22. The quantitative estimate of drug-likeness (QED) is 0.697. The van der Waals surface area contributed by atoms with Crippen molar-refractivity contribution in [3.05, 3.63) is 87.9 Å². The molecule has 0 aliphatic heterocycles. The van der Waals surface area contributed by atoms with Crippen LogP contribution >= 0.6 is 11.3 Å². The van der Waals surface area contributed by atoms with Crippen molar-refractivity contribution in [3.8, 4) is 0 Å². The largest absolute Gasteiger partial charge is 0.352 e. The van der Waals surface area contributed by atoms with Gasteiger partial charge in [0.25, 0.3) is 11.8 Å². The molecule has 3 aromatic rings. The fraction of sp³-hybridized carbons (Fsp3) is 0.143. The summed E-state index contributed by atoms with van der Waals surface area (Å²) >= 11 is 1.35. The molecule has 138 valence electrons. The van der Waals surface area contributed by atoms with E-state index in [9.17, 15) is 14.0 Å². The molecular formula is C21H19FN2O2S. The van der Waals surface area contributed by atoms with Gasteiger partial charge in [-0.05, 0) is 41.6 Å². The van der Waals surface area contributed by atoms with Crippen molar-refractivity contribution < 1.29 is 14.0 Å². The van der Waals surface area contributed by atoms with Crippen LogP contribution < -0.4 is 10.2 Å². The number of carbonyl (C=O) groups excluding carboxylic acids is 2. The molecule has 6 heteroatoms. The number of halogens is 1. The van der Waals surface area contributed by atoms with Crippen molar-refractivity contribution in [2.75, 3.05) is 18.5 Å². The summed E-state index contributed by atoms with van der Waals surface area (Å²) in [4.78, 5) is 27.3. The van der Waals surface area contributed by atoms with E-state index in [1.54, 1.807) is 55.6 Å². The second-order valence-electron chi connectivity index (χ2n) is 5.96. The van der Waals surface area contributed by atoms with Crippen LogP contribution in [0.5, 0.6) is 0 Å². The molecule has 0 saturated carbocycles. The normalized spacial score (nSPS) is 10.4. The molecule has 4 nitrogen and oxygen atoms in total. The first-order valence-corrected chi connectivity index (χ1v) is 9.38. The standard InChI is InChI=1S/C21H19FN2O2S/c1-24(21(26)19-11-6-14-27-19)18-10-5-3-8-16(18)20(25)23-13-12-15-7-2-4-9-17(15)22/h2-11,14H,12-13H2,1H3,(H,23,25). The van der Waals surface area contributed by atoms with Crippen molar-refractivity contribution in [3.63, 3.8) is 0 Å². The maximum atomic E-state index is 13.7. The van der Waals surface area contributed by atoms with Crippen LogP contribution in [0.2, 0.25) is 0 Å². The molecule has 0 saturated heterocycles. The van der Waals surface area contributed by atoms with E-state index in [2.05, 4.69) is 5.32 Å². The van der Waals surface area contributed by atoms with Gasteiger partial charge >= 0.3 is 0 Å². The molecule has 0 aliphatic rings. The van der Waals surface area contributed by atoms with E-state index < -0.39 is 0 Å². The third-order valence-corrected chi connectivity index (χ3v) is 5.04. The van der Waals surface area contributed by atoms with Crippen LogP contribution in [-0.2, 0) is 6.42 Å². The molecule has 27 heavy (non-hydrogen) atoms. The lowest BCUT2D eigenvalue weighted by Crippen LogP contribution is -2.31. The molecule has 1 aromatic heterocycles. The molecule has 0 spiro atoms. The first kappa shape index (κ1) is 18.8. The van der Waals surface area contributed by atoms with Gasteiger partial charge < -0.3 is 10.2 Å². The Hall–Kier alpha value is -2.99. The van der Waals surface area contributed by atoms with Gasteiger partial charge in [0, 0.05) is 13.6 Å². The van der Waals surface area contributed by atoms with Gasteiger partial charge in [0.15, 0.2) is 0 Å². The average molecular weight is 382 g/mol. The van der Waals surface area contributed by atoms with Crippen LogP contribution in [0, 0.1) is 5.82 Å². The number of anilines is 1. The molecule has 0 unspecified atom stereocenters. The van der Waals surface area contributed by atoms with Crippen molar-refractivity contribution in [1.82, 2.24) is 5.32 Å². The Morgan fingerprint density at radius 1 is 1.04 bits per heavy atom. The number of rotatable bonds is 6. The summed E-state index contributed by atoms with van der Waals surface area (Å²) in [5, 5.41) is 4.64. The van der Waals surface area contributed by atoms with Gasteiger partial charge in [-0.2, -0.15) is 0 Å². The lowest BCUT2D eigenvalue weighted by molar-refractivity contribution is 0.0954. The Bertz CT molecular complexity index is 941. The molecule has 0 fully saturated rings. The first-order chi connectivity index (χ1) is 13.1. The van der Waals surface area contributed by atoms with E-state index >= 15 is 0 Å². The summed E-state index contributed by atoms with van der Waals surface area (Å²) in [5.41, 5.74) is 1.48. The van der Waals surface area contributed by atoms with Crippen molar-refractivity contribution in [1.29, 1.82) is 0 Å². The Kier molecular flexibility index (Phi) is 5.98. The molecule has 0 aliphatic carbocycles. The second-order valence-corrected chi connectivity index (χ2v) is 6.90. The molecule has 2 aromatic carbocycles. The van der Waals surface area contributed by atoms with Crippen LogP contribution in [0.4, 0.5) is 10.1 Å². The number of hydrogen-bond acceptors (Lipinski definition) is 3. The van der Waals surface area contributed by atoms with Gasteiger partial charge in [0.05, 0.1) is 16.1 Å². The van der Waals surface area contributed by atoms with Crippen molar-refractivity contribution >= 4 is 28.8 Å². The minimum atomic E-state index is -0.298. The zero-order valence-electron chi connectivity index (χ0n) is 14.8. The lowest BCUT2D eigenvalue weighted by Gasteiger charge is -2.20. The Morgan fingerprint density at radius 2 is 1.78 bits per heavy atom. The number of para-hydroxylation sites is 1. The van der Waals surface area contributed by atoms with Gasteiger partial charge in [-0.1, -0.05) is 36.4 Å². The maximum absolute atomic E-state index is 13.7. The highest BCUT2D eigenvalue weighted by molar-refractivity contribution is 7.12. The molecule has 0 radical (unpaired) electrons. The van der Waals surface area contributed by atoms with Crippen LogP contribution in [0.15, 0.2) is 66.0 Å². The third-order valence-electron chi connectivity index (χ3n) is 4.18. The minimum Gasteiger partial charge on any atom is -0.352 e. The zero-order chi connectivity index (χ0) is 19.2. The van der Waals surface area contributed by atoms with Crippen molar-refractivity contribution in [2.24, 2.45) is 0 Å². The first-order valence-electron chi connectivity index (χ1n) is 8.50. The fourth-order valence-electron chi connectivity index (χ4n) is 2.74. The number of carbonyl (C=O) groups is 2. The maximum Gasteiger partial charge on any atom is 0.268 e. The Balaban J connectivity index is 1.70. The number of amides is 2. The fourth-order valence-corrected chi connectivity index (χ4v) is 3.44. The van der Waals surface area contributed by atoms with Gasteiger partial charge in [-0.25, -0.2) is 4.39 Å². The molecule has 1 heterocycles. The van der Waals surface area contributed by atoms with E-state index in [1.165, 1.54) is 22.3 Å². The SMILES string of the molecule is CN(C(=O)c1cccs1)c1ccccc1C(=O)NCCc1ccccc1F. The third kappa shape index (κ3) is 4.41. The van der Waals surface area contributed by atoms with Gasteiger partial charge in [-0.15, -0.1) is 11.3 Å². The molecule has 0 atom stereocenters. The number of benzene rings is 2. The molecular weight excluding hydrogens is 363 g/mol. The van der Waals surface area contributed by atoms with Crippen LogP contribution in [0.25, 0.3) is 0 Å². The molecule has 0 bridgehead atoms. The smallest absolute Gasteiger partial charge is 0.268 e. The minimum absolute atomic E-state index is 0.170. The lowest BCUT2D eigenvalue weighted by atomic mass is 10.1. The monoisotopic (exact) mass is 382 g/mol. The molecule has 3 rings (SSSR count). The Labute approximate surface area is 161 Å². The highest BCUT2D eigenvalue weighted by Gasteiger charge is 2.20. The van der Waals surface area contributed by atoms with Crippen LogP contribution in [0.3, 0.4) is 0 Å². The number of thiophene rings is 1. The van der Waals surface area contributed by atoms with E-state index in [0.29, 0.717) is 34.7 Å². The predicted octanol–water partition coefficient (Wildman–Crippen LogP) is 4.14. The van der Waals surface area contributed by atoms with Gasteiger partial charge in [-0.3, -0.25) is 9.59 Å². The highest BCUT2D eigenvalue weighted by atomic mass is 32.1. The molecule has 2 amide bonds. The molecule has 1 N–H and O–H groups in total. The number of hydrogen-bond donors (Lipinski definition) is 1. The van der Waals surface area contributed by atoms with Gasteiger partial charge in [0.2, 0.25) is 0 Å². The second kappa shape index (κ2) is 8.60. The summed E-state index contributed by atoms with van der Waals surface area (Å²) < 4.78 is 13.7. The number of nitrogens with zero attached hydrogens (tertiary/aromatic N) is 1. The summed E-state index contributed by atoms with van der Waals surface area (Å²) in [6.07, 6.45) is 0.393. The topological polar surface area (TPSA) is 49.4 Å². The van der Waals surface area contributed by atoms with Gasteiger partial charge in [0.1, 0.15) is 5.82 Å². The van der Waals surface area contributed by atoms with E-state index in [4.69, 9.17) is 0 Å². The predicted molar refractivity (Wildman–Crippen MR) is 106 cm³/mol. The summed E-state index contributed by atoms with van der Waals surface area (Å²) in [6.45, 7) is 0.302. The van der Waals surface area contributed by atoms with Crippen LogP contribution in [0.1, 0.15) is 25.6 Å². The average Bonchev–Trinajstić information content (AvgIpc) is 3.23. The van der Waals surface area contributed by atoms with E-state index in [-0.39, 0.29) is 17.6 Å². The summed E-state index contributed by atoms with van der Waals surface area (Å²) in [7, 11) is 1.65. The van der Waals surface area contributed by atoms with Crippen LogP contribution in [-0.4, -0.2) is 25.4 Å². The van der Waals surface area contributed by atoms with E-state index in [0.717, 1.165) is 0 Å². The number of nitrogens with one attached hydrogen (secondary N) is 1.